The number of nitrogens with one attached hydrogen (secondary N) is 1. The van der Waals surface area contributed by atoms with Crippen LogP contribution in [0.3, 0.4) is 0 Å². The van der Waals surface area contributed by atoms with Crippen LogP contribution in [0.1, 0.15) is 37.7 Å². The Morgan fingerprint density at radius 1 is 1.62 bits per heavy atom. The molecule has 0 amide bonds. The van der Waals surface area contributed by atoms with Gasteiger partial charge in [0, 0.05) is 23.6 Å². The first-order valence-corrected chi connectivity index (χ1v) is 7.36. The second-order valence-electron chi connectivity index (χ2n) is 4.55. The molecule has 2 atom stereocenters. The van der Waals surface area contributed by atoms with Crippen LogP contribution in [0.25, 0.3) is 0 Å². The van der Waals surface area contributed by atoms with Gasteiger partial charge in [-0.2, -0.15) is 0 Å². The van der Waals surface area contributed by atoms with Gasteiger partial charge in [-0.15, -0.1) is 11.3 Å². The number of hydrogen-bond donors (Lipinski definition) is 1. The molecule has 1 saturated heterocycles. The van der Waals surface area contributed by atoms with Crippen molar-refractivity contribution in [2.24, 2.45) is 0 Å². The van der Waals surface area contributed by atoms with Crippen molar-refractivity contribution in [3.63, 3.8) is 0 Å². The molecule has 2 unspecified atom stereocenters. The van der Waals surface area contributed by atoms with Gasteiger partial charge in [0.2, 0.25) is 0 Å². The lowest BCUT2D eigenvalue weighted by Crippen LogP contribution is -2.42. The average Bonchev–Trinajstić information content (AvgIpc) is 2.59. The van der Waals surface area contributed by atoms with Crippen LogP contribution in [0.5, 0.6) is 0 Å². The number of ether oxygens (including phenoxy) is 1. The van der Waals surface area contributed by atoms with Crippen molar-refractivity contribution in [1.29, 1.82) is 0 Å². The minimum absolute atomic E-state index is 0.213. The highest BCUT2D eigenvalue weighted by atomic mass is 79.9. The zero-order chi connectivity index (χ0) is 11.6. The zero-order valence-electron chi connectivity index (χ0n) is 9.75. The van der Waals surface area contributed by atoms with Crippen molar-refractivity contribution in [2.45, 2.75) is 38.3 Å². The number of thiophene rings is 1. The van der Waals surface area contributed by atoms with Gasteiger partial charge in [-0.05, 0) is 47.8 Å². The van der Waals surface area contributed by atoms with E-state index in [1.807, 2.05) is 0 Å². The van der Waals surface area contributed by atoms with E-state index in [4.69, 9.17) is 4.74 Å². The van der Waals surface area contributed by atoms with Gasteiger partial charge in [0.1, 0.15) is 6.10 Å². The fraction of sp³-hybridized carbons (Fsp3) is 0.667. The first-order chi connectivity index (χ1) is 7.63. The van der Waals surface area contributed by atoms with Crippen LogP contribution in [0.4, 0.5) is 0 Å². The lowest BCUT2D eigenvalue weighted by atomic mass is 9.95. The molecular formula is C12H18BrNOS. The summed E-state index contributed by atoms with van der Waals surface area (Å²) < 4.78 is 7.10. The highest BCUT2D eigenvalue weighted by Gasteiger charge is 2.27. The second-order valence-corrected chi connectivity index (χ2v) is 7.04. The Bertz CT molecular complexity index is 355. The Kier molecular flexibility index (Phi) is 4.06. The van der Waals surface area contributed by atoms with Gasteiger partial charge in [0.15, 0.2) is 0 Å². The molecule has 0 aliphatic carbocycles. The van der Waals surface area contributed by atoms with Gasteiger partial charge in [-0.25, -0.2) is 0 Å². The van der Waals surface area contributed by atoms with Crippen LogP contribution >= 0.6 is 27.3 Å². The third-order valence-electron chi connectivity index (χ3n) is 3.38. The van der Waals surface area contributed by atoms with E-state index in [0.29, 0.717) is 0 Å². The molecule has 2 nitrogen and oxygen atoms in total. The maximum absolute atomic E-state index is 5.93. The minimum Gasteiger partial charge on any atom is -0.371 e. The lowest BCUT2D eigenvalue weighted by Gasteiger charge is -2.27. The molecule has 0 saturated carbocycles. The van der Waals surface area contributed by atoms with Gasteiger partial charge in [0.05, 0.1) is 3.79 Å². The molecule has 0 spiro atoms. The van der Waals surface area contributed by atoms with Crippen molar-refractivity contribution in [1.82, 2.24) is 5.32 Å². The Hall–Kier alpha value is 0.1000. The molecule has 16 heavy (non-hydrogen) atoms. The van der Waals surface area contributed by atoms with E-state index < -0.39 is 0 Å². The Labute approximate surface area is 110 Å². The van der Waals surface area contributed by atoms with Gasteiger partial charge in [-0.1, -0.05) is 6.92 Å². The predicted molar refractivity (Wildman–Crippen MR) is 72.0 cm³/mol. The maximum Gasteiger partial charge on any atom is 0.104 e. The summed E-state index contributed by atoms with van der Waals surface area (Å²) in [5, 5.41) is 3.63. The van der Waals surface area contributed by atoms with Gasteiger partial charge < -0.3 is 10.1 Å². The largest absolute Gasteiger partial charge is 0.371 e. The van der Waals surface area contributed by atoms with E-state index in [9.17, 15) is 0 Å². The standard InChI is InChI=1S/C12H18BrNOS/c1-3-12(2)6-7-15-9(8-14-12)10-4-5-11(13)16-10/h4-5,9,14H,3,6-8H2,1-2H3. The minimum atomic E-state index is 0.213. The molecule has 0 radical (unpaired) electrons. The topological polar surface area (TPSA) is 21.3 Å². The van der Waals surface area contributed by atoms with E-state index in [2.05, 4.69) is 47.2 Å². The number of hydrogen-bond acceptors (Lipinski definition) is 3. The molecule has 90 valence electrons. The molecule has 1 aliphatic heterocycles. The van der Waals surface area contributed by atoms with E-state index in [-0.39, 0.29) is 11.6 Å². The molecular weight excluding hydrogens is 286 g/mol. The Balaban J connectivity index is 2.04. The predicted octanol–water partition coefficient (Wildman–Crippen LogP) is 3.73. The van der Waals surface area contributed by atoms with Gasteiger partial charge in [0.25, 0.3) is 0 Å². The molecule has 0 bridgehead atoms. The summed E-state index contributed by atoms with van der Waals surface area (Å²) in [4.78, 5) is 1.31. The van der Waals surface area contributed by atoms with E-state index in [1.165, 1.54) is 8.66 Å². The molecule has 0 aromatic carbocycles. The molecule has 1 aromatic rings. The van der Waals surface area contributed by atoms with Crippen LogP contribution in [0.15, 0.2) is 15.9 Å². The molecule has 4 heteroatoms. The SMILES string of the molecule is CCC1(C)CCOC(c2ccc(Br)s2)CN1. The third-order valence-corrected chi connectivity index (χ3v) is 5.09. The summed E-state index contributed by atoms with van der Waals surface area (Å²) in [5.41, 5.74) is 0.239. The van der Waals surface area contributed by atoms with Gasteiger partial charge in [-0.3, -0.25) is 0 Å². The molecule has 2 heterocycles. The van der Waals surface area contributed by atoms with Crippen molar-refractivity contribution in [3.8, 4) is 0 Å². The summed E-state index contributed by atoms with van der Waals surface area (Å²) >= 11 is 5.26. The molecule has 1 fully saturated rings. The van der Waals surface area contributed by atoms with E-state index >= 15 is 0 Å². The molecule has 1 N–H and O–H groups in total. The van der Waals surface area contributed by atoms with Gasteiger partial charge >= 0.3 is 0 Å². The van der Waals surface area contributed by atoms with Crippen LogP contribution in [0.2, 0.25) is 0 Å². The number of halogens is 1. The van der Waals surface area contributed by atoms with Crippen LogP contribution in [0, 0.1) is 0 Å². The summed E-state index contributed by atoms with van der Waals surface area (Å²) in [7, 11) is 0. The summed E-state index contributed by atoms with van der Waals surface area (Å²) in [6.07, 6.45) is 2.45. The zero-order valence-corrected chi connectivity index (χ0v) is 12.2. The number of rotatable bonds is 2. The molecule has 1 aliphatic rings. The normalized spacial score (nSPS) is 31.3. The first-order valence-electron chi connectivity index (χ1n) is 5.75. The third kappa shape index (κ3) is 2.86. The van der Waals surface area contributed by atoms with Crippen LogP contribution < -0.4 is 5.32 Å². The Morgan fingerprint density at radius 2 is 2.44 bits per heavy atom. The quantitative estimate of drug-likeness (QED) is 0.899. The van der Waals surface area contributed by atoms with Crippen molar-refractivity contribution in [3.05, 3.63) is 20.8 Å². The van der Waals surface area contributed by atoms with E-state index in [1.54, 1.807) is 11.3 Å². The highest BCUT2D eigenvalue weighted by Crippen LogP contribution is 2.31. The Morgan fingerprint density at radius 3 is 3.06 bits per heavy atom. The van der Waals surface area contributed by atoms with Crippen LogP contribution in [-0.2, 0) is 4.74 Å². The summed E-state index contributed by atoms with van der Waals surface area (Å²) in [6, 6.07) is 4.24. The van der Waals surface area contributed by atoms with E-state index in [0.717, 1.165) is 26.0 Å². The fourth-order valence-electron chi connectivity index (χ4n) is 1.90. The molecule has 1 aromatic heterocycles. The second kappa shape index (κ2) is 5.17. The lowest BCUT2D eigenvalue weighted by molar-refractivity contribution is 0.0677. The van der Waals surface area contributed by atoms with Crippen molar-refractivity contribution in [2.75, 3.05) is 13.2 Å². The monoisotopic (exact) mass is 303 g/mol. The van der Waals surface area contributed by atoms with Crippen molar-refractivity contribution >= 4 is 27.3 Å². The highest BCUT2D eigenvalue weighted by molar-refractivity contribution is 9.11. The fourth-order valence-corrected chi connectivity index (χ4v) is 3.37. The average molecular weight is 304 g/mol. The van der Waals surface area contributed by atoms with Crippen LogP contribution in [-0.4, -0.2) is 18.7 Å². The summed E-state index contributed by atoms with van der Waals surface area (Å²) in [6.45, 7) is 6.27. The molecule has 2 rings (SSSR count). The summed E-state index contributed by atoms with van der Waals surface area (Å²) in [5.74, 6) is 0. The first kappa shape index (κ1) is 12.6. The smallest absolute Gasteiger partial charge is 0.104 e. The maximum atomic E-state index is 5.93. The van der Waals surface area contributed by atoms with Crippen molar-refractivity contribution < 1.29 is 4.74 Å².